The van der Waals surface area contributed by atoms with Crippen LogP contribution in [0.5, 0.6) is 0 Å². The lowest BCUT2D eigenvalue weighted by Gasteiger charge is -2.18. The van der Waals surface area contributed by atoms with Crippen molar-refractivity contribution >= 4 is 5.97 Å². The Morgan fingerprint density at radius 1 is 1.38 bits per heavy atom. The van der Waals surface area contributed by atoms with Gasteiger partial charge in [0.25, 0.3) is 11.5 Å². The number of hydrogen-bond acceptors (Lipinski definition) is 4. The highest BCUT2D eigenvalue weighted by atomic mass is 19.4. The van der Waals surface area contributed by atoms with Gasteiger partial charge in [-0.1, -0.05) is 0 Å². The molecule has 0 N–H and O–H groups in total. The highest BCUT2D eigenvalue weighted by molar-refractivity contribution is 5.87. The van der Waals surface area contributed by atoms with Gasteiger partial charge in [-0.3, -0.25) is 0 Å². The Morgan fingerprint density at radius 3 is 2.38 bits per heavy atom. The zero-order valence-electron chi connectivity index (χ0n) is 8.97. The number of hydrogen-bond donors (Lipinski definition) is 0. The first-order valence-corrected chi connectivity index (χ1v) is 4.54. The molecule has 92 valence electrons. The number of carbonyl (C=O) groups excluding carboxylic acids is 1. The predicted molar refractivity (Wildman–Crippen MR) is 46.0 cm³/mol. The van der Waals surface area contributed by atoms with E-state index in [4.69, 9.17) is 4.74 Å². The summed E-state index contributed by atoms with van der Waals surface area (Å²) in [4.78, 5) is 11.2. The molecule has 1 aliphatic rings. The number of rotatable bonds is 2. The lowest BCUT2D eigenvalue weighted by atomic mass is 10.4. The molecule has 1 rings (SSSR count). The third-order valence-electron chi connectivity index (χ3n) is 1.62. The van der Waals surface area contributed by atoms with E-state index in [-0.39, 0.29) is 6.61 Å². The maximum atomic E-state index is 12.5. The fraction of sp³-hybridized carbons (Fsp3) is 0.667. The van der Waals surface area contributed by atoms with Crippen LogP contribution in [0.2, 0.25) is 0 Å². The fourth-order valence-electron chi connectivity index (χ4n) is 1.12. The Bertz CT molecular complexity index is 330. The van der Waals surface area contributed by atoms with E-state index in [1.165, 1.54) is 20.8 Å². The molecule has 0 aliphatic carbocycles. The molecule has 0 aromatic carbocycles. The molecule has 0 saturated carbocycles. The molecular formula is C9H11F3O4. The molecule has 0 bridgehead atoms. The van der Waals surface area contributed by atoms with Crippen molar-refractivity contribution in [1.29, 1.82) is 0 Å². The molecule has 0 radical (unpaired) electrons. The van der Waals surface area contributed by atoms with Crippen LogP contribution in [0.15, 0.2) is 11.5 Å². The van der Waals surface area contributed by atoms with Crippen LogP contribution >= 0.6 is 0 Å². The summed E-state index contributed by atoms with van der Waals surface area (Å²) in [6.45, 7) is 3.97. The Kier molecular flexibility index (Phi) is 3.07. The minimum absolute atomic E-state index is 0.0444. The molecule has 0 spiro atoms. The van der Waals surface area contributed by atoms with E-state index in [0.29, 0.717) is 0 Å². The van der Waals surface area contributed by atoms with Crippen LogP contribution in [0.1, 0.15) is 20.8 Å². The maximum absolute atomic E-state index is 12.5. The van der Waals surface area contributed by atoms with E-state index in [9.17, 15) is 18.0 Å². The van der Waals surface area contributed by atoms with Crippen LogP contribution in [0.4, 0.5) is 13.2 Å². The van der Waals surface area contributed by atoms with E-state index in [2.05, 4.69) is 9.47 Å². The smallest absolute Gasteiger partial charge is 0.453 e. The lowest BCUT2D eigenvalue weighted by Crippen LogP contribution is -2.24. The number of allylic oxidation sites excluding steroid dienone is 1. The summed E-state index contributed by atoms with van der Waals surface area (Å²) >= 11 is 0. The van der Waals surface area contributed by atoms with Crippen molar-refractivity contribution in [2.75, 3.05) is 6.61 Å². The molecule has 0 saturated heterocycles. The average Bonchev–Trinajstić information content (AvgIpc) is 2.41. The van der Waals surface area contributed by atoms with Crippen LogP contribution in [0.3, 0.4) is 0 Å². The minimum Gasteiger partial charge on any atom is -0.460 e. The molecule has 0 amide bonds. The van der Waals surface area contributed by atoms with E-state index in [1.807, 2.05) is 0 Å². The molecule has 0 unspecified atom stereocenters. The summed E-state index contributed by atoms with van der Waals surface area (Å²) in [6, 6.07) is 0. The van der Waals surface area contributed by atoms with Crippen molar-refractivity contribution in [2.24, 2.45) is 0 Å². The normalized spacial score (nSPS) is 19.1. The standard InChI is InChI=1S/C9H11F3O4/c1-4-14-7(13)5-6(9(10,11)12)16-8(2,3)15-5/h4H2,1-3H3. The molecule has 0 atom stereocenters. The topological polar surface area (TPSA) is 44.8 Å². The van der Waals surface area contributed by atoms with Gasteiger partial charge in [0, 0.05) is 13.8 Å². The number of halogens is 3. The summed E-state index contributed by atoms with van der Waals surface area (Å²) in [6.07, 6.45) is -4.78. The maximum Gasteiger partial charge on any atom is 0.453 e. The van der Waals surface area contributed by atoms with Crippen molar-refractivity contribution in [3.63, 3.8) is 0 Å². The first-order valence-electron chi connectivity index (χ1n) is 4.54. The number of carbonyl (C=O) groups is 1. The second kappa shape index (κ2) is 3.88. The summed E-state index contributed by atoms with van der Waals surface area (Å²) in [5.41, 5.74) is 0. The summed E-state index contributed by atoms with van der Waals surface area (Å²) in [7, 11) is 0. The highest BCUT2D eigenvalue weighted by Gasteiger charge is 2.51. The van der Waals surface area contributed by atoms with E-state index >= 15 is 0 Å². The Hall–Kier alpha value is -1.40. The third kappa shape index (κ3) is 2.59. The van der Waals surface area contributed by atoms with Gasteiger partial charge in [0.2, 0.25) is 5.79 Å². The van der Waals surface area contributed by atoms with Gasteiger partial charge >= 0.3 is 12.1 Å². The summed E-state index contributed by atoms with van der Waals surface area (Å²) in [5.74, 6) is -5.08. The lowest BCUT2D eigenvalue weighted by molar-refractivity contribution is -0.180. The molecule has 0 fully saturated rings. The Morgan fingerprint density at radius 2 is 1.94 bits per heavy atom. The van der Waals surface area contributed by atoms with Crippen molar-refractivity contribution in [1.82, 2.24) is 0 Å². The fourth-order valence-corrected chi connectivity index (χ4v) is 1.12. The highest BCUT2D eigenvalue weighted by Crippen LogP contribution is 2.40. The van der Waals surface area contributed by atoms with Crippen molar-refractivity contribution < 1.29 is 32.2 Å². The van der Waals surface area contributed by atoms with Gasteiger partial charge in [-0.25, -0.2) is 4.79 Å². The predicted octanol–water partition coefficient (Wildman–Crippen LogP) is 2.11. The molecule has 7 heteroatoms. The summed E-state index contributed by atoms with van der Waals surface area (Å²) < 4.78 is 51.2. The Labute approximate surface area is 90.0 Å². The van der Waals surface area contributed by atoms with E-state index < -0.39 is 29.5 Å². The zero-order chi connectivity index (χ0) is 12.6. The third-order valence-corrected chi connectivity index (χ3v) is 1.62. The second-order valence-electron chi connectivity index (χ2n) is 3.48. The van der Waals surface area contributed by atoms with Gasteiger partial charge < -0.3 is 14.2 Å². The van der Waals surface area contributed by atoms with Crippen LogP contribution in [-0.2, 0) is 19.0 Å². The molecular weight excluding hydrogens is 229 g/mol. The quantitative estimate of drug-likeness (QED) is 0.693. The molecule has 0 aromatic heterocycles. The van der Waals surface area contributed by atoms with E-state index in [1.54, 1.807) is 0 Å². The largest absolute Gasteiger partial charge is 0.460 e. The molecule has 0 aromatic rings. The van der Waals surface area contributed by atoms with Gasteiger partial charge in [0.1, 0.15) is 0 Å². The second-order valence-corrected chi connectivity index (χ2v) is 3.48. The zero-order valence-corrected chi connectivity index (χ0v) is 8.97. The van der Waals surface area contributed by atoms with Gasteiger partial charge in [-0.15, -0.1) is 0 Å². The van der Waals surface area contributed by atoms with Crippen molar-refractivity contribution in [3.05, 3.63) is 11.5 Å². The number of ether oxygens (including phenoxy) is 3. The van der Waals surface area contributed by atoms with Crippen LogP contribution in [-0.4, -0.2) is 24.5 Å². The SMILES string of the molecule is CCOC(=O)C1=C(C(F)(F)F)OC(C)(C)O1. The summed E-state index contributed by atoms with van der Waals surface area (Å²) in [5, 5.41) is 0. The van der Waals surface area contributed by atoms with Gasteiger partial charge in [-0.2, -0.15) is 13.2 Å². The van der Waals surface area contributed by atoms with Gasteiger partial charge in [0.15, 0.2) is 0 Å². The molecule has 16 heavy (non-hydrogen) atoms. The number of esters is 1. The van der Waals surface area contributed by atoms with Crippen LogP contribution in [0, 0.1) is 0 Å². The molecule has 1 aliphatic heterocycles. The van der Waals surface area contributed by atoms with Crippen molar-refractivity contribution in [3.8, 4) is 0 Å². The van der Waals surface area contributed by atoms with Gasteiger partial charge in [0.05, 0.1) is 6.61 Å². The van der Waals surface area contributed by atoms with Crippen LogP contribution in [0.25, 0.3) is 0 Å². The first-order chi connectivity index (χ1) is 7.17. The average molecular weight is 240 g/mol. The molecule has 1 heterocycles. The number of alkyl halides is 3. The minimum atomic E-state index is -4.78. The van der Waals surface area contributed by atoms with Crippen molar-refractivity contribution in [2.45, 2.75) is 32.7 Å². The molecule has 4 nitrogen and oxygen atoms in total. The monoisotopic (exact) mass is 240 g/mol. The Balaban J connectivity index is 3.03. The van der Waals surface area contributed by atoms with E-state index in [0.717, 1.165) is 0 Å². The van der Waals surface area contributed by atoms with Gasteiger partial charge in [-0.05, 0) is 6.92 Å². The first kappa shape index (κ1) is 12.7. The van der Waals surface area contributed by atoms with Crippen LogP contribution < -0.4 is 0 Å².